The highest BCUT2D eigenvalue weighted by atomic mass is 16.6. The fourth-order valence-electron chi connectivity index (χ4n) is 2.13. The van der Waals surface area contributed by atoms with Crippen molar-refractivity contribution in [1.29, 1.82) is 0 Å². The molecule has 2 heterocycles. The van der Waals surface area contributed by atoms with Crippen molar-refractivity contribution in [2.24, 2.45) is 0 Å². The van der Waals surface area contributed by atoms with Crippen LogP contribution in [0.5, 0.6) is 0 Å². The van der Waals surface area contributed by atoms with Crippen LogP contribution in [0.4, 0.5) is 10.5 Å². The number of hydrogen-bond acceptors (Lipinski definition) is 3. The van der Waals surface area contributed by atoms with E-state index in [9.17, 15) is 9.59 Å². The summed E-state index contributed by atoms with van der Waals surface area (Å²) in [6.45, 7) is 0.207. The molecule has 0 aromatic heterocycles. The molecule has 1 aromatic carbocycles. The minimum atomic E-state index is -0.470. The van der Waals surface area contributed by atoms with E-state index in [0.717, 1.165) is 11.3 Å². The molecule has 2 aliphatic rings. The molecule has 3 rings (SSSR count). The number of carbonyl (C=O) groups excluding carboxylic acids is 2. The summed E-state index contributed by atoms with van der Waals surface area (Å²) in [7, 11) is 0. The molecule has 2 aliphatic heterocycles. The van der Waals surface area contributed by atoms with Gasteiger partial charge in [-0.25, -0.2) is 4.79 Å². The topological polar surface area (TPSA) is 58.6 Å². The lowest BCUT2D eigenvalue weighted by Gasteiger charge is -2.22. The van der Waals surface area contributed by atoms with Gasteiger partial charge < -0.3 is 4.74 Å². The Balaban J connectivity index is 1.96. The Morgan fingerprint density at radius 1 is 1.31 bits per heavy atom. The molecule has 1 unspecified atom stereocenters. The van der Waals surface area contributed by atoms with Gasteiger partial charge in [0.2, 0.25) is 5.91 Å². The summed E-state index contributed by atoms with van der Waals surface area (Å²) in [6.07, 6.45) is -0.450. The van der Waals surface area contributed by atoms with Crippen LogP contribution >= 0.6 is 0 Å². The molecule has 2 amide bonds. The second-order valence-electron chi connectivity index (χ2n) is 3.83. The number of fused-ring (bicyclic) bond motifs is 1. The van der Waals surface area contributed by atoms with Gasteiger partial charge in [-0.3, -0.25) is 15.0 Å². The van der Waals surface area contributed by atoms with Gasteiger partial charge in [-0.1, -0.05) is 18.2 Å². The first-order valence-electron chi connectivity index (χ1n) is 5.09. The van der Waals surface area contributed by atoms with Crippen LogP contribution in [-0.4, -0.2) is 24.8 Å². The highest BCUT2D eigenvalue weighted by Gasteiger charge is 2.37. The van der Waals surface area contributed by atoms with Crippen molar-refractivity contribution >= 4 is 17.7 Å². The largest absolute Gasteiger partial charge is 0.445 e. The van der Waals surface area contributed by atoms with Crippen LogP contribution in [0, 0.1) is 0 Å². The van der Waals surface area contributed by atoms with Gasteiger partial charge in [0.1, 0.15) is 12.8 Å². The molecular formula is C11H10N2O3. The van der Waals surface area contributed by atoms with Gasteiger partial charge in [0, 0.05) is 5.69 Å². The van der Waals surface area contributed by atoms with Gasteiger partial charge in [-0.2, -0.15) is 0 Å². The van der Waals surface area contributed by atoms with Crippen LogP contribution in [0.15, 0.2) is 24.3 Å². The van der Waals surface area contributed by atoms with E-state index < -0.39 is 6.09 Å². The van der Waals surface area contributed by atoms with Crippen molar-refractivity contribution in [3.8, 4) is 0 Å². The Labute approximate surface area is 92.0 Å². The maximum atomic E-state index is 11.8. The summed E-state index contributed by atoms with van der Waals surface area (Å²) >= 11 is 0. The highest BCUT2D eigenvalue weighted by Crippen LogP contribution is 2.30. The van der Waals surface area contributed by atoms with Crippen LogP contribution in [0.3, 0.4) is 0 Å². The van der Waals surface area contributed by atoms with E-state index in [2.05, 4.69) is 5.32 Å². The van der Waals surface area contributed by atoms with Gasteiger partial charge >= 0.3 is 6.09 Å². The SMILES string of the molecule is O=C1NC(N2C(=O)Cc3ccccc32)CO1. The number of nitrogens with one attached hydrogen (secondary N) is 1. The molecule has 0 aliphatic carbocycles. The molecule has 0 bridgehead atoms. The standard InChI is InChI=1S/C11H10N2O3/c14-10-5-7-3-1-2-4-8(7)13(10)9-6-16-11(15)12-9/h1-4,9H,5-6H2,(H,12,15). The number of benzene rings is 1. The van der Waals surface area contributed by atoms with E-state index in [4.69, 9.17) is 4.74 Å². The van der Waals surface area contributed by atoms with Crippen LogP contribution in [0.25, 0.3) is 0 Å². The monoisotopic (exact) mass is 218 g/mol. The number of para-hydroxylation sites is 1. The minimum absolute atomic E-state index is 0.00278. The molecule has 0 saturated carbocycles. The zero-order valence-electron chi connectivity index (χ0n) is 8.47. The average molecular weight is 218 g/mol. The van der Waals surface area contributed by atoms with E-state index >= 15 is 0 Å². The third kappa shape index (κ3) is 1.25. The first-order valence-corrected chi connectivity index (χ1v) is 5.09. The molecule has 0 radical (unpaired) electrons. The Morgan fingerprint density at radius 2 is 2.12 bits per heavy atom. The summed E-state index contributed by atoms with van der Waals surface area (Å²) in [5.41, 5.74) is 1.86. The lowest BCUT2D eigenvalue weighted by molar-refractivity contribution is -0.117. The van der Waals surface area contributed by atoms with Crippen molar-refractivity contribution in [3.63, 3.8) is 0 Å². The molecule has 0 spiro atoms. The Morgan fingerprint density at radius 3 is 2.88 bits per heavy atom. The highest BCUT2D eigenvalue weighted by molar-refractivity contribution is 6.02. The molecule has 16 heavy (non-hydrogen) atoms. The van der Waals surface area contributed by atoms with Crippen LogP contribution in [-0.2, 0) is 16.0 Å². The van der Waals surface area contributed by atoms with Crippen LogP contribution < -0.4 is 10.2 Å². The van der Waals surface area contributed by atoms with E-state index in [0.29, 0.717) is 6.42 Å². The maximum absolute atomic E-state index is 11.8. The predicted octanol–water partition coefficient (Wildman–Crippen LogP) is 0.642. The molecule has 5 nitrogen and oxygen atoms in total. The zero-order valence-corrected chi connectivity index (χ0v) is 8.47. The van der Waals surface area contributed by atoms with Gasteiger partial charge in [-0.15, -0.1) is 0 Å². The quantitative estimate of drug-likeness (QED) is 0.752. The van der Waals surface area contributed by atoms with E-state index in [-0.39, 0.29) is 18.7 Å². The Bertz CT molecular complexity index is 472. The molecule has 1 fully saturated rings. The number of cyclic esters (lactones) is 1. The lowest BCUT2D eigenvalue weighted by Crippen LogP contribution is -2.46. The predicted molar refractivity (Wildman–Crippen MR) is 55.9 cm³/mol. The number of carbonyl (C=O) groups is 2. The first-order chi connectivity index (χ1) is 7.75. The zero-order chi connectivity index (χ0) is 11.1. The second kappa shape index (κ2) is 3.23. The number of alkyl carbamates (subject to hydrolysis) is 1. The summed E-state index contributed by atoms with van der Waals surface area (Å²) in [6, 6.07) is 7.58. The third-order valence-electron chi connectivity index (χ3n) is 2.83. The van der Waals surface area contributed by atoms with Gasteiger partial charge in [-0.05, 0) is 11.6 Å². The van der Waals surface area contributed by atoms with Crippen LogP contribution in [0.1, 0.15) is 5.56 Å². The Hall–Kier alpha value is -2.04. The second-order valence-corrected chi connectivity index (χ2v) is 3.83. The molecule has 82 valence electrons. The fraction of sp³-hybridized carbons (Fsp3) is 0.273. The summed E-state index contributed by atoms with van der Waals surface area (Å²) < 4.78 is 4.80. The van der Waals surface area contributed by atoms with Crippen LogP contribution in [0.2, 0.25) is 0 Å². The van der Waals surface area contributed by atoms with E-state index in [1.807, 2.05) is 24.3 Å². The third-order valence-corrected chi connectivity index (χ3v) is 2.83. The summed E-state index contributed by atoms with van der Waals surface area (Å²) in [5.74, 6) is -0.00278. The van der Waals surface area contributed by atoms with Crippen molar-refractivity contribution in [3.05, 3.63) is 29.8 Å². The molecule has 1 atom stereocenters. The maximum Gasteiger partial charge on any atom is 0.409 e. The van der Waals surface area contributed by atoms with Gasteiger partial charge in [0.05, 0.1) is 6.42 Å². The molecule has 1 N–H and O–H groups in total. The number of rotatable bonds is 1. The average Bonchev–Trinajstić information content (AvgIpc) is 2.80. The molecule has 5 heteroatoms. The Kier molecular flexibility index (Phi) is 1.86. The van der Waals surface area contributed by atoms with Crippen molar-refractivity contribution < 1.29 is 14.3 Å². The van der Waals surface area contributed by atoms with Gasteiger partial charge in [0.25, 0.3) is 0 Å². The number of anilines is 1. The summed E-state index contributed by atoms with van der Waals surface area (Å²) in [4.78, 5) is 24.4. The van der Waals surface area contributed by atoms with E-state index in [1.54, 1.807) is 4.90 Å². The number of hydrogen-bond donors (Lipinski definition) is 1. The smallest absolute Gasteiger partial charge is 0.409 e. The molecule has 1 aromatic rings. The minimum Gasteiger partial charge on any atom is -0.445 e. The lowest BCUT2D eigenvalue weighted by atomic mass is 10.2. The van der Waals surface area contributed by atoms with Gasteiger partial charge in [0.15, 0.2) is 0 Å². The van der Waals surface area contributed by atoms with Crippen molar-refractivity contribution in [2.75, 3.05) is 11.5 Å². The van der Waals surface area contributed by atoms with Crippen molar-refractivity contribution in [1.82, 2.24) is 5.32 Å². The first kappa shape index (κ1) is 9.21. The fourth-order valence-corrected chi connectivity index (χ4v) is 2.13. The normalized spacial score (nSPS) is 23.0. The number of nitrogens with zero attached hydrogens (tertiary/aromatic N) is 1. The summed E-state index contributed by atoms with van der Waals surface area (Å²) in [5, 5.41) is 2.61. The molecule has 1 saturated heterocycles. The van der Waals surface area contributed by atoms with Crippen molar-refractivity contribution in [2.45, 2.75) is 12.6 Å². The number of amides is 2. The number of ether oxygens (including phenoxy) is 1. The van der Waals surface area contributed by atoms with E-state index in [1.165, 1.54) is 0 Å². The molecular weight excluding hydrogens is 208 g/mol.